The van der Waals surface area contributed by atoms with Gasteiger partial charge in [0.2, 0.25) is 0 Å². The van der Waals surface area contributed by atoms with Crippen LogP contribution in [-0.2, 0) is 27.7 Å². The maximum absolute atomic E-state index is 12.9. The highest BCUT2D eigenvalue weighted by Crippen LogP contribution is 2.35. The third-order valence-corrected chi connectivity index (χ3v) is 6.03. The van der Waals surface area contributed by atoms with E-state index in [1.807, 2.05) is 0 Å². The quantitative estimate of drug-likeness (QED) is 0.791. The van der Waals surface area contributed by atoms with Gasteiger partial charge in [-0.2, -0.15) is 0 Å². The fourth-order valence-corrected chi connectivity index (χ4v) is 4.72. The Balaban J connectivity index is 1.95. The highest BCUT2D eigenvalue weighted by Gasteiger charge is 2.29. The summed E-state index contributed by atoms with van der Waals surface area (Å²) in [6.07, 6.45) is 1.35. The topological polar surface area (TPSA) is 84.5 Å². The van der Waals surface area contributed by atoms with E-state index in [0.717, 1.165) is 5.56 Å². The van der Waals surface area contributed by atoms with E-state index < -0.39 is 22.6 Å². The number of carbonyl (C=O) groups is 1. The molecule has 0 fully saturated rings. The predicted molar refractivity (Wildman–Crippen MR) is 100 cm³/mol. The first kappa shape index (κ1) is 19.2. The van der Waals surface area contributed by atoms with Crippen LogP contribution in [0.25, 0.3) is 0 Å². The van der Waals surface area contributed by atoms with Crippen LogP contribution in [-0.4, -0.2) is 34.2 Å². The molecule has 6 nitrogen and oxygen atoms in total. The smallest absolute Gasteiger partial charge is 0.262 e. The molecule has 0 heterocycles. The number of alkyl halides is 1. The summed E-state index contributed by atoms with van der Waals surface area (Å²) in [5.74, 6) is -0.111. The first-order chi connectivity index (χ1) is 12.9. The number of hydrogen-bond acceptors (Lipinski definition) is 4. The van der Waals surface area contributed by atoms with Crippen molar-refractivity contribution < 1.29 is 22.3 Å². The number of carbonyl (C=O) groups excluding carboxylic acids is 1. The van der Waals surface area contributed by atoms with Gasteiger partial charge in [0.25, 0.3) is 15.9 Å². The number of ether oxygens (including phenoxy) is 1. The second-order valence-electron chi connectivity index (χ2n) is 6.34. The Morgan fingerprint density at radius 1 is 1.19 bits per heavy atom. The molecule has 2 aromatic carbocycles. The third kappa shape index (κ3) is 4.21. The largest absolute Gasteiger partial charge is 0.496 e. The maximum Gasteiger partial charge on any atom is 0.262 e. The lowest BCUT2D eigenvalue weighted by Crippen LogP contribution is -2.40. The SMILES string of the molecule is COc1ccc(S(=O)(=O)Nc2ccccc2)c2c1CC(NC(=O)CF)CC2. The van der Waals surface area contributed by atoms with Gasteiger partial charge in [0, 0.05) is 17.3 Å². The number of benzene rings is 2. The van der Waals surface area contributed by atoms with Crippen LogP contribution in [0.15, 0.2) is 47.4 Å². The van der Waals surface area contributed by atoms with Gasteiger partial charge in [-0.1, -0.05) is 18.2 Å². The molecule has 1 unspecified atom stereocenters. The molecule has 0 spiro atoms. The fourth-order valence-electron chi connectivity index (χ4n) is 3.36. The highest BCUT2D eigenvalue weighted by atomic mass is 32.2. The van der Waals surface area contributed by atoms with Crippen molar-refractivity contribution in [3.05, 3.63) is 53.6 Å². The summed E-state index contributed by atoms with van der Waals surface area (Å²) in [5.41, 5.74) is 1.87. The molecular formula is C19H21FN2O4S. The molecule has 1 atom stereocenters. The Morgan fingerprint density at radius 2 is 1.93 bits per heavy atom. The molecule has 0 aromatic heterocycles. The number of amides is 1. The molecule has 27 heavy (non-hydrogen) atoms. The van der Waals surface area contributed by atoms with Crippen LogP contribution in [0.4, 0.5) is 10.1 Å². The number of methoxy groups -OCH3 is 1. The maximum atomic E-state index is 12.9. The second-order valence-corrected chi connectivity index (χ2v) is 7.99. The summed E-state index contributed by atoms with van der Waals surface area (Å²) in [6.45, 7) is -1.07. The van der Waals surface area contributed by atoms with Gasteiger partial charge in [-0.3, -0.25) is 9.52 Å². The van der Waals surface area contributed by atoms with Gasteiger partial charge in [0.05, 0.1) is 12.0 Å². The molecule has 2 aromatic rings. The summed E-state index contributed by atoms with van der Waals surface area (Å²) < 4.78 is 46.3. The first-order valence-electron chi connectivity index (χ1n) is 8.56. The number of nitrogens with one attached hydrogen (secondary N) is 2. The minimum atomic E-state index is -3.78. The van der Waals surface area contributed by atoms with Crippen LogP contribution in [0.5, 0.6) is 5.75 Å². The number of hydrogen-bond donors (Lipinski definition) is 2. The molecule has 3 rings (SSSR count). The lowest BCUT2D eigenvalue weighted by molar-refractivity contribution is -0.122. The van der Waals surface area contributed by atoms with Crippen molar-refractivity contribution in [2.24, 2.45) is 0 Å². The number of fused-ring (bicyclic) bond motifs is 1. The average molecular weight is 392 g/mol. The molecule has 2 N–H and O–H groups in total. The molecule has 0 aliphatic heterocycles. The zero-order valence-electron chi connectivity index (χ0n) is 14.9. The van der Waals surface area contributed by atoms with E-state index in [0.29, 0.717) is 36.3 Å². The van der Waals surface area contributed by atoms with Crippen LogP contribution in [0.2, 0.25) is 0 Å². The van der Waals surface area contributed by atoms with Crippen molar-refractivity contribution in [1.29, 1.82) is 0 Å². The number of para-hydroxylation sites is 1. The van der Waals surface area contributed by atoms with E-state index in [9.17, 15) is 17.6 Å². The van der Waals surface area contributed by atoms with Crippen molar-refractivity contribution in [3.8, 4) is 5.75 Å². The number of anilines is 1. The van der Waals surface area contributed by atoms with Crippen LogP contribution in [0.3, 0.4) is 0 Å². The molecule has 144 valence electrons. The summed E-state index contributed by atoms with van der Waals surface area (Å²) in [5, 5.41) is 2.62. The van der Waals surface area contributed by atoms with Gasteiger partial charge in [-0.15, -0.1) is 0 Å². The van der Waals surface area contributed by atoms with Gasteiger partial charge in [-0.25, -0.2) is 12.8 Å². The Bertz CT molecular complexity index is 932. The van der Waals surface area contributed by atoms with Gasteiger partial charge in [-0.05, 0) is 49.1 Å². The number of halogens is 1. The molecular weight excluding hydrogens is 371 g/mol. The fraction of sp³-hybridized carbons (Fsp3) is 0.316. The zero-order valence-corrected chi connectivity index (χ0v) is 15.7. The molecule has 8 heteroatoms. The predicted octanol–water partition coefficient (Wildman–Crippen LogP) is 2.44. The van der Waals surface area contributed by atoms with Crippen molar-refractivity contribution in [1.82, 2.24) is 5.32 Å². The average Bonchev–Trinajstić information content (AvgIpc) is 2.67. The minimum Gasteiger partial charge on any atom is -0.496 e. The van der Waals surface area contributed by atoms with Crippen LogP contribution < -0.4 is 14.8 Å². The van der Waals surface area contributed by atoms with Crippen molar-refractivity contribution in [2.45, 2.75) is 30.2 Å². The van der Waals surface area contributed by atoms with Gasteiger partial charge in [0.15, 0.2) is 6.67 Å². The van der Waals surface area contributed by atoms with E-state index in [2.05, 4.69) is 10.0 Å². The molecule has 1 aliphatic carbocycles. The molecule has 0 saturated carbocycles. The van der Waals surface area contributed by atoms with Crippen molar-refractivity contribution >= 4 is 21.6 Å². The van der Waals surface area contributed by atoms with Crippen LogP contribution in [0.1, 0.15) is 17.5 Å². The summed E-state index contributed by atoms with van der Waals surface area (Å²) in [7, 11) is -2.27. The van der Waals surface area contributed by atoms with E-state index in [4.69, 9.17) is 4.74 Å². The summed E-state index contributed by atoms with van der Waals surface area (Å²) in [4.78, 5) is 11.5. The second kappa shape index (κ2) is 7.96. The molecule has 1 amide bonds. The van der Waals surface area contributed by atoms with Crippen molar-refractivity contribution in [3.63, 3.8) is 0 Å². The Hall–Kier alpha value is -2.61. The monoisotopic (exact) mass is 392 g/mol. The minimum absolute atomic E-state index is 0.192. The lowest BCUT2D eigenvalue weighted by Gasteiger charge is -2.28. The molecule has 0 bridgehead atoms. The molecule has 0 saturated heterocycles. The number of rotatable bonds is 6. The number of sulfonamides is 1. The Kier molecular flexibility index (Phi) is 5.65. The van der Waals surface area contributed by atoms with E-state index >= 15 is 0 Å². The Morgan fingerprint density at radius 3 is 2.59 bits per heavy atom. The summed E-state index contributed by atoms with van der Waals surface area (Å²) in [6, 6.07) is 11.5. The first-order valence-corrected chi connectivity index (χ1v) is 10.0. The van der Waals surface area contributed by atoms with Crippen molar-refractivity contribution in [2.75, 3.05) is 18.5 Å². The van der Waals surface area contributed by atoms with Crippen LogP contribution in [0, 0.1) is 0 Å². The molecule has 0 radical (unpaired) electrons. The molecule has 1 aliphatic rings. The Labute approximate surface area is 157 Å². The van der Waals surface area contributed by atoms with E-state index in [1.165, 1.54) is 13.2 Å². The van der Waals surface area contributed by atoms with Crippen LogP contribution >= 0.6 is 0 Å². The highest BCUT2D eigenvalue weighted by molar-refractivity contribution is 7.92. The zero-order chi connectivity index (χ0) is 19.4. The standard InChI is InChI=1S/C19H21FN2O4S/c1-26-17-9-10-18(27(24,25)22-13-5-3-2-4-6-13)15-8-7-14(11-16(15)17)21-19(23)12-20/h2-6,9-10,14,22H,7-8,11-12H2,1H3,(H,21,23). The van der Waals surface area contributed by atoms with Gasteiger partial charge < -0.3 is 10.1 Å². The summed E-state index contributed by atoms with van der Waals surface area (Å²) >= 11 is 0. The lowest BCUT2D eigenvalue weighted by atomic mass is 9.87. The third-order valence-electron chi connectivity index (χ3n) is 4.56. The van der Waals surface area contributed by atoms with E-state index in [-0.39, 0.29) is 10.9 Å². The van der Waals surface area contributed by atoms with Gasteiger partial charge in [0.1, 0.15) is 5.75 Å². The normalized spacial score (nSPS) is 16.3. The van der Waals surface area contributed by atoms with E-state index in [1.54, 1.807) is 36.4 Å². The van der Waals surface area contributed by atoms with Gasteiger partial charge >= 0.3 is 0 Å².